The number of fused-ring (bicyclic) bond motifs is 1. The Kier molecular flexibility index (Phi) is 4.38. The van der Waals surface area contributed by atoms with Crippen LogP contribution in [-0.2, 0) is 4.79 Å². The molecule has 0 radical (unpaired) electrons. The van der Waals surface area contributed by atoms with Crippen LogP contribution in [0.4, 0.5) is 5.69 Å². The molecule has 0 bridgehead atoms. The normalized spacial score (nSPS) is 22.8. The van der Waals surface area contributed by atoms with E-state index in [0.29, 0.717) is 11.6 Å². The number of amides is 1. The first-order valence-electron chi connectivity index (χ1n) is 7.91. The number of hydrogen-bond acceptors (Lipinski definition) is 6. The first kappa shape index (κ1) is 15.6. The second kappa shape index (κ2) is 6.45. The van der Waals surface area contributed by atoms with Crippen LogP contribution in [0.1, 0.15) is 20.3 Å². The number of nitrogens with two attached hydrogens (primary N) is 1. The lowest BCUT2D eigenvalue weighted by atomic mass is 9.95. The van der Waals surface area contributed by atoms with Crippen LogP contribution in [-0.4, -0.2) is 46.0 Å². The van der Waals surface area contributed by atoms with E-state index in [4.69, 9.17) is 5.73 Å². The summed E-state index contributed by atoms with van der Waals surface area (Å²) < 4.78 is 0. The number of nitrogens with zero attached hydrogens (tertiary/aromatic N) is 4. The molecule has 3 heterocycles. The molecule has 1 aliphatic rings. The number of hydrogen-bond donors (Lipinski definition) is 2. The van der Waals surface area contributed by atoms with Crippen molar-refractivity contribution in [3.8, 4) is 0 Å². The van der Waals surface area contributed by atoms with Crippen molar-refractivity contribution in [2.75, 3.05) is 18.0 Å². The predicted molar refractivity (Wildman–Crippen MR) is 88.9 cm³/mol. The van der Waals surface area contributed by atoms with Gasteiger partial charge in [0.15, 0.2) is 5.65 Å². The van der Waals surface area contributed by atoms with Gasteiger partial charge in [-0.1, -0.05) is 6.92 Å². The summed E-state index contributed by atoms with van der Waals surface area (Å²) in [6.07, 6.45) is 6.02. The lowest BCUT2D eigenvalue weighted by Gasteiger charge is -2.38. The lowest BCUT2D eigenvalue weighted by molar-refractivity contribution is -0.122. The fourth-order valence-electron chi connectivity index (χ4n) is 3.10. The van der Waals surface area contributed by atoms with Gasteiger partial charge in [-0.05, 0) is 25.3 Å². The maximum absolute atomic E-state index is 11.9. The Bertz CT molecular complexity index is 699. The van der Waals surface area contributed by atoms with Crippen LogP contribution < -0.4 is 16.0 Å². The standard InChI is InChI=1S/C16H22N6O/c1-10-7-12(21-16(23)11(2)17)9-22(8-10)13-3-4-19-15-14(13)18-5-6-20-15/h3-6,10-12H,7-9,17H2,1-2H3,(H,21,23)/t10-,11-,12+/m0/s1. The molecule has 1 saturated heterocycles. The molecule has 0 saturated carbocycles. The van der Waals surface area contributed by atoms with Gasteiger partial charge in [-0.15, -0.1) is 0 Å². The van der Waals surface area contributed by atoms with Gasteiger partial charge < -0.3 is 16.0 Å². The third-order valence-electron chi connectivity index (χ3n) is 4.11. The van der Waals surface area contributed by atoms with Crippen molar-refractivity contribution >= 4 is 22.8 Å². The van der Waals surface area contributed by atoms with E-state index in [1.54, 1.807) is 25.5 Å². The van der Waals surface area contributed by atoms with Crippen molar-refractivity contribution in [3.05, 3.63) is 24.7 Å². The highest BCUT2D eigenvalue weighted by atomic mass is 16.2. The number of aromatic nitrogens is 3. The summed E-state index contributed by atoms with van der Waals surface area (Å²) in [5.74, 6) is 0.352. The van der Waals surface area contributed by atoms with E-state index in [-0.39, 0.29) is 11.9 Å². The van der Waals surface area contributed by atoms with E-state index in [2.05, 4.69) is 32.1 Å². The number of carbonyl (C=O) groups is 1. The average Bonchev–Trinajstić information content (AvgIpc) is 2.53. The topological polar surface area (TPSA) is 97.0 Å². The summed E-state index contributed by atoms with van der Waals surface area (Å²) in [7, 11) is 0. The molecule has 1 amide bonds. The quantitative estimate of drug-likeness (QED) is 0.866. The van der Waals surface area contributed by atoms with E-state index in [1.165, 1.54) is 0 Å². The van der Waals surface area contributed by atoms with E-state index in [1.807, 2.05) is 6.07 Å². The summed E-state index contributed by atoms with van der Waals surface area (Å²) in [4.78, 5) is 27.1. The van der Waals surface area contributed by atoms with Crippen LogP contribution in [0.5, 0.6) is 0 Å². The number of anilines is 1. The molecule has 3 N–H and O–H groups in total. The molecular formula is C16H22N6O. The van der Waals surface area contributed by atoms with Crippen LogP contribution in [0.15, 0.2) is 24.7 Å². The summed E-state index contributed by atoms with van der Waals surface area (Å²) >= 11 is 0. The third-order valence-corrected chi connectivity index (χ3v) is 4.11. The first-order chi connectivity index (χ1) is 11.0. The van der Waals surface area contributed by atoms with Crippen molar-refractivity contribution < 1.29 is 4.79 Å². The average molecular weight is 314 g/mol. The molecule has 3 atom stereocenters. The van der Waals surface area contributed by atoms with E-state index < -0.39 is 6.04 Å². The Morgan fingerprint density at radius 3 is 2.83 bits per heavy atom. The minimum absolute atomic E-state index is 0.0807. The fraction of sp³-hybridized carbons (Fsp3) is 0.500. The monoisotopic (exact) mass is 314 g/mol. The molecule has 2 aromatic rings. The summed E-state index contributed by atoms with van der Waals surface area (Å²) in [5, 5.41) is 3.04. The number of carbonyl (C=O) groups excluding carboxylic acids is 1. The van der Waals surface area contributed by atoms with Crippen molar-refractivity contribution in [1.82, 2.24) is 20.3 Å². The van der Waals surface area contributed by atoms with Gasteiger partial charge >= 0.3 is 0 Å². The zero-order valence-electron chi connectivity index (χ0n) is 13.4. The lowest BCUT2D eigenvalue weighted by Crippen LogP contribution is -2.53. The zero-order chi connectivity index (χ0) is 16.4. The third kappa shape index (κ3) is 3.39. The molecule has 1 aliphatic heterocycles. The van der Waals surface area contributed by atoms with Gasteiger partial charge in [0, 0.05) is 37.7 Å². The first-order valence-corrected chi connectivity index (χ1v) is 7.91. The molecule has 23 heavy (non-hydrogen) atoms. The predicted octanol–water partition coefficient (Wildman–Crippen LogP) is 0.703. The Balaban J connectivity index is 1.85. The molecule has 2 aromatic heterocycles. The van der Waals surface area contributed by atoms with Gasteiger partial charge in [0.25, 0.3) is 0 Å². The van der Waals surface area contributed by atoms with Gasteiger partial charge in [-0.25, -0.2) is 15.0 Å². The number of pyridine rings is 1. The van der Waals surface area contributed by atoms with Crippen LogP contribution in [0.2, 0.25) is 0 Å². The Hall–Kier alpha value is -2.28. The smallest absolute Gasteiger partial charge is 0.236 e. The van der Waals surface area contributed by atoms with Crippen LogP contribution in [0, 0.1) is 5.92 Å². The van der Waals surface area contributed by atoms with Crippen molar-refractivity contribution in [2.24, 2.45) is 11.7 Å². The van der Waals surface area contributed by atoms with Gasteiger partial charge in [0.05, 0.1) is 11.7 Å². The SMILES string of the molecule is C[C@H]1C[C@@H](NC(=O)[C@H](C)N)CN(c2ccnc3nccnc23)C1. The van der Waals surface area contributed by atoms with Crippen molar-refractivity contribution in [1.29, 1.82) is 0 Å². The molecule has 1 fully saturated rings. The van der Waals surface area contributed by atoms with Gasteiger partial charge in [0.1, 0.15) is 5.52 Å². The van der Waals surface area contributed by atoms with Gasteiger partial charge in [0.2, 0.25) is 5.91 Å². The fourth-order valence-corrected chi connectivity index (χ4v) is 3.10. The van der Waals surface area contributed by atoms with Crippen LogP contribution in [0.3, 0.4) is 0 Å². The highest BCUT2D eigenvalue weighted by molar-refractivity contribution is 5.85. The van der Waals surface area contributed by atoms with Gasteiger partial charge in [-0.2, -0.15) is 0 Å². The Morgan fingerprint density at radius 2 is 2.04 bits per heavy atom. The van der Waals surface area contributed by atoms with Crippen LogP contribution >= 0.6 is 0 Å². The molecule has 7 heteroatoms. The van der Waals surface area contributed by atoms with Crippen molar-refractivity contribution in [2.45, 2.75) is 32.4 Å². The molecule has 122 valence electrons. The van der Waals surface area contributed by atoms with E-state index in [9.17, 15) is 4.79 Å². The molecule has 7 nitrogen and oxygen atoms in total. The minimum atomic E-state index is -0.492. The van der Waals surface area contributed by atoms with Crippen molar-refractivity contribution in [3.63, 3.8) is 0 Å². The Morgan fingerprint density at radius 1 is 1.30 bits per heavy atom. The number of nitrogens with one attached hydrogen (secondary N) is 1. The highest BCUT2D eigenvalue weighted by Gasteiger charge is 2.27. The molecule has 0 aromatic carbocycles. The highest BCUT2D eigenvalue weighted by Crippen LogP contribution is 2.27. The Labute approximate surface area is 135 Å². The summed E-state index contributed by atoms with van der Waals surface area (Å²) in [5.41, 5.74) is 8.10. The summed E-state index contributed by atoms with van der Waals surface area (Å²) in [6.45, 7) is 5.54. The molecule has 0 spiro atoms. The number of piperidine rings is 1. The second-order valence-corrected chi connectivity index (χ2v) is 6.30. The summed E-state index contributed by atoms with van der Waals surface area (Å²) in [6, 6.07) is 1.55. The van der Waals surface area contributed by atoms with E-state index >= 15 is 0 Å². The van der Waals surface area contributed by atoms with Gasteiger partial charge in [-0.3, -0.25) is 4.79 Å². The van der Waals surface area contributed by atoms with E-state index in [0.717, 1.165) is 30.7 Å². The molecule has 3 rings (SSSR count). The van der Waals surface area contributed by atoms with Crippen LogP contribution in [0.25, 0.3) is 11.2 Å². The number of rotatable bonds is 3. The minimum Gasteiger partial charge on any atom is -0.367 e. The molecular weight excluding hydrogens is 292 g/mol. The zero-order valence-corrected chi connectivity index (χ0v) is 13.4. The largest absolute Gasteiger partial charge is 0.367 e. The molecule has 0 aliphatic carbocycles. The maximum atomic E-state index is 11.9. The molecule has 0 unspecified atom stereocenters. The maximum Gasteiger partial charge on any atom is 0.236 e. The second-order valence-electron chi connectivity index (χ2n) is 6.30.